The van der Waals surface area contributed by atoms with Gasteiger partial charge in [0.2, 0.25) is 0 Å². The van der Waals surface area contributed by atoms with Gasteiger partial charge in [-0.25, -0.2) is 8.42 Å². The summed E-state index contributed by atoms with van der Waals surface area (Å²) in [5, 5.41) is 7.92. The molecule has 0 radical (unpaired) electrons. The molecule has 3 N–H and O–H groups in total. The zero-order chi connectivity index (χ0) is 11.6. The fraction of sp³-hybridized carbons (Fsp3) is 0.333. The van der Waals surface area contributed by atoms with Crippen molar-refractivity contribution in [1.82, 2.24) is 0 Å². The van der Waals surface area contributed by atoms with Gasteiger partial charge in [0.15, 0.2) is 9.84 Å². The second kappa shape index (κ2) is 4.49. The molecular weight excluding hydrogens is 238 g/mol. The third-order valence-corrected chi connectivity index (χ3v) is 4.32. The van der Waals surface area contributed by atoms with Crippen molar-refractivity contribution in [3.05, 3.63) is 28.8 Å². The van der Waals surface area contributed by atoms with Gasteiger partial charge in [-0.2, -0.15) is 0 Å². The SMILES string of the molecule is Cc1cc(S(=O)(=O)C(N)CO)ccc1Cl. The molecule has 0 fully saturated rings. The molecule has 0 saturated heterocycles. The Labute approximate surface area is 93.6 Å². The van der Waals surface area contributed by atoms with Crippen LogP contribution in [0.4, 0.5) is 0 Å². The molecule has 0 saturated carbocycles. The van der Waals surface area contributed by atoms with Crippen LogP contribution in [-0.2, 0) is 9.84 Å². The molecule has 0 aliphatic heterocycles. The quantitative estimate of drug-likeness (QED) is 0.826. The van der Waals surface area contributed by atoms with Crippen LogP contribution in [0.25, 0.3) is 0 Å². The summed E-state index contributed by atoms with van der Waals surface area (Å²) in [4.78, 5) is 0.0750. The number of aliphatic hydroxyl groups is 1. The van der Waals surface area contributed by atoms with Gasteiger partial charge in [-0.05, 0) is 30.7 Å². The lowest BCUT2D eigenvalue weighted by Crippen LogP contribution is -2.34. The highest BCUT2D eigenvalue weighted by atomic mass is 35.5. The average molecular weight is 250 g/mol. The first-order valence-electron chi connectivity index (χ1n) is 4.26. The van der Waals surface area contributed by atoms with Gasteiger partial charge in [-0.1, -0.05) is 11.6 Å². The fourth-order valence-corrected chi connectivity index (χ4v) is 2.33. The number of halogens is 1. The number of hydrogen-bond donors (Lipinski definition) is 2. The Morgan fingerprint density at radius 1 is 1.53 bits per heavy atom. The van der Waals surface area contributed by atoms with Gasteiger partial charge in [0.1, 0.15) is 5.37 Å². The molecule has 1 aromatic rings. The first-order valence-corrected chi connectivity index (χ1v) is 6.18. The minimum atomic E-state index is -3.66. The zero-order valence-electron chi connectivity index (χ0n) is 8.14. The third-order valence-electron chi connectivity index (χ3n) is 2.04. The molecule has 0 spiro atoms. The Kier molecular flexibility index (Phi) is 3.72. The van der Waals surface area contributed by atoms with Crippen molar-refractivity contribution in [3.63, 3.8) is 0 Å². The van der Waals surface area contributed by atoms with E-state index in [9.17, 15) is 8.42 Å². The molecule has 0 amide bonds. The van der Waals surface area contributed by atoms with E-state index in [0.717, 1.165) is 0 Å². The Morgan fingerprint density at radius 2 is 2.13 bits per heavy atom. The number of aryl methyl sites for hydroxylation is 1. The smallest absolute Gasteiger partial charge is 0.196 e. The Hall–Kier alpha value is -0.620. The van der Waals surface area contributed by atoms with E-state index in [0.29, 0.717) is 10.6 Å². The highest BCUT2D eigenvalue weighted by molar-refractivity contribution is 7.92. The molecule has 84 valence electrons. The lowest BCUT2D eigenvalue weighted by molar-refractivity contribution is 0.292. The van der Waals surface area contributed by atoms with E-state index in [4.69, 9.17) is 22.4 Å². The molecule has 0 aliphatic rings. The summed E-state index contributed by atoms with van der Waals surface area (Å²) >= 11 is 5.77. The van der Waals surface area contributed by atoms with Crippen LogP contribution >= 0.6 is 11.6 Å². The van der Waals surface area contributed by atoms with Crippen LogP contribution in [0.1, 0.15) is 5.56 Å². The highest BCUT2D eigenvalue weighted by Gasteiger charge is 2.23. The van der Waals surface area contributed by atoms with Crippen molar-refractivity contribution < 1.29 is 13.5 Å². The van der Waals surface area contributed by atoms with Crippen LogP contribution in [0.3, 0.4) is 0 Å². The van der Waals surface area contributed by atoms with Gasteiger partial charge < -0.3 is 10.8 Å². The summed E-state index contributed by atoms with van der Waals surface area (Å²) in [7, 11) is -3.66. The minimum Gasteiger partial charge on any atom is -0.394 e. The molecule has 0 aliphatic carbocycles. The van der Waals surface area contributed by atoms with Gasteiger partial charge in [0.25, 0.3) is 0 Å². The molecule has 1 aromatic carbocycles. The summed E-state index contributed by atoms with van der Waals surface area (Å²) in [6, 6.07) is 4.31. The molecule has 1 rings (SSSR count). The van der Waals surface area contributed by atoms with Gasteiger partial charge in [0.05, 0.1) is 11.5 Å². The maximum absolute atomic E-state index is 11.7. The van der Waals surface area contributed by atoms with Crippen LogP contribution in [0.2, 0.25) is 5.02 Å². The van der Waals surface area contributed by atoms with E-state index in [-0.39, 0.29) is 4.90 Å². The van der Waals surface area contributed by atoms with Crippen molar-refractivity contribution in [3.8, 4) is 0 Å². The van der Waals surface area contributed by atoms with E-state index < -0.39 is 21.8 Å². The molecule has 0 bridgehead atoms. The monoisotopic (exact) mass is 249 g/mol. The number of sulfone groups is 1. The molecule has 1 atom stereocenters. The molecule has 4 nitrogen and oxygen atoms in total. The minimum absolute atomic E-state index is 0.0750. The van der Waals surface area contributed by atoms with E-state index in [1.54, 1.807) is 6.92 Å². The van der Waals surface area contributed by atoms with Crippen molar-refractivity contribution in [2.24, 2.45) is 5.73 Å². The number of rotatable bonds is 3. The van der Waals surface area contributed by atoms with Gasteiger partial charge in [-0.15, -0.1) is 0 Å². The Morgan fingerprint density at radius 3 is 2.60 bits per heavy atom. The zero-order valence-corrected chi connectivity index (χ0v) is 9.72. The van der Waals surface area contributed by atoms with Crippen LogP contribution in [0.15, 0.2) is 23.1 Å². The fourth-order valence-electron chi connectivity index (χ4n) is 1.07. The van der Waals surface area contributed by atoms with Crippen molar-refractivity contribution in [2.45, 2.75) is 17.2 Å². The summed E-state index contributed by atoms with van der Waals surface area (Å²) in [6.45, 7) is 1.09. The van der Waals surface area contributed by atoms with Crippen LogP contribution in [-0.4, -0.2) is 25.5 Å². The summed E-state index contributed by atoms with van der Waals surface area (Å²) in [5.74, 6) is 0. The van der Waals surface area contributed by atoms with Gasteiger partial charge >= 0.3 is 0 Å². The summed E-state index contributed by atoms with van der Waals surface area (Å²) in [6.07, 6.45) is 0. The van der Waals surface area contributed by atoms with Crippen LogP contribution in [0.5, 0.6) is 0 Å². The number of hydrogen-bond acceptors (Lipinski definition) is 4. The van der Waals surface area contributed by atoms with E-state index in [1.165, 1.54) is 18.2 Å². The third kappa shape index (κ3) is 2.49. The first-order chi connectivity index (χ1) is 6.89. The topological polar surface area (TPSA) is 80.4 Å². The lowest BCUT2D eigenvalue weighted by atomic mass is 10.2. The number of benzene rings is 1. The molecule has 0 heterocycles. The number of nitrogens with two attached hydrogens (primary N) is 1. The predicted molar refractivity (Wildman–Crippen MR) is 58.4 cm³/mol. The van der Waals surface area contributed by atoms with E-state index in [1.807, 2.05) is 0 Å². The molecule has 6 heteroatoms. The standard InChI is InChI=1S/C9H12ClNO3S/c1-6-4-7(2-3-8(6)10)15(13,14)9(11)5-12/h2-4,9,12H,5,11H2,1H3. The lowest BCUT2D eigenvalue weighted by Gasteiger charge is -2.10. The van der Waals surface area contributed by atoms with Crippen LogP contribution in [0, 0.1) is 6.92 Å². The Balaban J connectivity index is 3.23. The van der Waals surface area contributed by atoms with E-state index >= 15 is 0 Å². The summed E-state index contributed by atoms with van der Waals surface area (Å²) < 4.78 is 23.4. The normalized spacial score (nSPS) is 13.9. The molecule has 0 aromatic heterocycles. The highest BCUT2D eigenvalue weighted by Crippen LogP contribution is 2.21. The molecule has 15 heavy (non-hydrogen) atoms. The first kappa shape index (κ1) is 12.4. The molecule has 1 unspecified atom stereocenters. The maximum Gasteiger partial charge on any atom is 0.196 e. The second-order valence-corrected chi connectivity index (χ2v) is 5.75. The van der Waals surface area contributed by atoms with Gasteiger partial charge in [-0.3, -0.25) is 0 Å². The molecular formula is C9H12ClNO3S. The number of aliphatic hydroxyl groups excluding tert-OH is 1. The summed E-state index contributed by atoms with van der Waals surface area (Å²) in [5.41, 5.74) is 5.96. The van der Waals surface area contributed by atoms with Gasteiger partial charge in [0, 0.05) is 5.02 Å². The van der Waals surface area contributed by atoms with Crippen molar-refractivity contribution >= 4 is 21.4 Å². The average Bonchev–Trinajstić information content (AvgIpc) is 2.20. The maximum atomic E-state index is 11.7. The van der Waals surface area contributed by atoms with Crippen molar-refractivity contribution in [2.75, 3.05) is 6.61 Å². The Bertz CT molecular complexity index is 458. The van der Waals surface area contributed by atoms with Crippen LogP contribution < -0.4 is 5.73 Å². The predicted octanol–water partition coefficient (Wildman–Crippen LogP) is 0.699. The van der Waals surface area contributed by atoms with E-state index in [2.05, 4.69) is 0 Å². The van der Waals surface area contributed by atoms with Crippen molar-refractivity contribution in [1.29, 1.82) is 0 Å². The second-order valence-electron chi connectivity index (χ2n) is 3.18. The largest absolute Gasteiger partial charge is 0.394 e.